The summed E-state index contributed by atoms with van der Waals surface area (Å²) in [6.45, 7) is 1.78. The molecule has 0 aromatic heterocycles. The number of amides is 1. The SMILES string of the molecule is C[C@@H](N)C(=O)N1C2CCC1CC2. The summed E-state index contributed by atoms with van der Waals surface area (Å²) in [7, 11) is 0. The highest BCUT2D eigenvalue weighted by atomic mass is 16.2. The van der Waals surface area contributed by atoms with Crippen molar-refractivity contribution in [3.8, 4) is 0 Å². The number of hydrogen-bond donors (Lipinski definition) is 1. The quantitative estimate of drug-likeness (QED) is 0.619. The number of carbonyl (C=O) groups is 1. The molecule has 2 fully saturated rings. The summed E-state index contributed by atoms with van der Waals surface area (Å²) < 4.78 is 0. The second-order valence-corrected chi connectivity index (χ2v) is 4.00. The molecule has 2 rings (SSSR count). The van der Waals surface area contributed by atoms with Gasteiger partial charge in [0.05, 0.1) is 6.04 Å². The maximum absolute atomic E-state index is 11.6. The lowest BCUT2D eigenvalue weighted by molar-refractivity contribution is -0.133. The number of fused-ring (bicyclic) bond motifs is 2. The number of rotatable bonds is 1. The van der Waals surface area contributed by atoms with E-state index in [0.29, 0.717) is 12.1 Å². The number of nitrogens with two attached hydrogens (primary N) is 1. The van der Waals surface area contributed by atoms with Crippen LogP contribution < -0.4 is 5.73 Å². The van der Waals surface area contributed by atoms with Gasteiger partial charge in [0, 0.05) is 12.1 Å². The Morgan fingerprint density at radius 3 is 2.08 bits per heavy atom. The molecule has 2 aliphatic rings. The molecule has 1 amide bonds. The minimum atomic E-state index is -0.314. The first-order valence-corrected chi connectivity index (χ1v) is 4.78. The van der Waals surface area contributed by atoms with Gasteiger partial charge < -0.3 is 10.6 Å². The smallest absolute Gasteiger partial charge is 0.239 e. The Hall–Kier alpha value is -0.570. The zero-order valence-corrected chi connectivity index (χ0v) is 7.49. The molecule has 3 heteroatoms. The Balaban J connectivity index is 2.09. The van der Waals surface area contributed by atoms with Crippen LogP contribution in [0.4, 0.5) is 0 Å². The molecule has 1 atom stereocenters. The Bertz CT molecular complexity index is 183. The highest BCUT2D eigenvalue weighted by Crippen LogP contribution is 2.37. The van der Waals surface area contributed by atoms with Crippen LogP contribution in [0.15, 0.2) is 0 Å². The zero-order chi connectivity index (χ0) is 8.72. The molecule has 3 nitrogen and oxygen atoms in total. The molecule has 2 N–H and O–H groups in total. The Morgan fingerprint density at radius 1 is 1.33 bits per heavy atom. The van der Waals surface area contributed by atoms with Crippen molar-refractivity contribution < 1.29 is 4.79 Å². The van der Waals surface area contributed by atoms with E-state index in [9.17, 15) is 4.79 Å². The van der Waals surface area contributed by atoms with E-state index >= 15 is 0 Å². The first kappa shape index (κ1) is 8.05. The van der Waals surface area contributed by atoms with Crippen LogP contribution in [0.2, 0.25) is 0 Å². The molecule has 0 aromatic rings. The number of carbonyl (C=O) groups excluding carboxylic acids is 1. The van der Waals surface area contributed by atoms with E-state index in [1.165, 1.54) is 25.7 Å². The number of hydrogen-bond acceptors (Lipinski definition) is 2. The lowest BCUT2D eigenvalue weighted by Crippen LogP contribution is -2.44. The lowest BCUT2D eigenvalue weighted by Gasteiger charge is -2.23. The summed E-state index contributed by atoms with van der Waals surface area (Å²) >= 11 is 0. The second kappa shape index (κ2) is 2.73. The van der Waals surface area contributed by atoms with Crippen molar-refractivity contribution in [1.82, 2.24) is 4.90 Å². The molecule has 0 aliphatic carbocycles. The highest BCUT2D eigenvalue weighted by Gasteiger charge is 2.42. The van der Waals surface area contributed by atoms with Gasteiger partial charge in [0.2, 0.25) is 5.91 Å². The predicted octanol–water partition coefficient (Wildman–Crippen LogP) is 0.487. The van der Waals surface area contributed by atoms with Crippen molar-refractivity contribution in [3.05, 3.63) is 0 Å². The summed E-state index contributed by atoms with van der Waals surface area (Å²) in [5, 5.41) is 0. The van der Waals surface area contributed by atoms with Crippen LogP contribution in [0.3, 0.4) is 0 Å². The van der Waals surface area contributed by atoms with Gasteiger partial charge in [-0.1, -0.05) is 0 Å². The van der Waals surface area contributed by atoms with Gasteiger partial charge in [-0.3, -0.25) is 4.79 Å². The normalized spacial score (nSPS) is 35.7. The van der Waals surface area contributed by atoms with Gasteiger partial charge in [-0.25, -0.2) is 0 Å². The molecule has 12 heavy (non-hydrogen) atoms. The average molecular weight is 168 g/mol. The minimum Gasteiger partial charge on any atom is -0.335 e. The Kier molecular flexibility index (Phi) is 1.83. The molecular formula is C9H16N2O. The van der Waals surface area contributed by atoms with E-state index in [2.05, 4.69) is 0 Å². The average Bonchev–Trinajstić information content (AvgIpc) is 2.61. The van der Waals surface area contributed by atoms with Crippen molar-refractivity contribution in [3.63, 3.8) is 0 Å². The molecule has 2 aliphatic heterocycles. The maximum atomic E-state index is 11.6. The van der Waals surface area contributed by atoms with Crippen LogP contribution in [-0.2, 0) is 4.79 Å². The third kappa shape index (κ3) is 1.04. The van der Waals surface area contributed by atoms with Gasteiger partial charge in [-0.2, -0.15) is 0 Å². The minimum absolute atomic E-state index is 0.153. The van der Waals surface area contributed by atoms with Crippen molar-refractivity contribution in [2.45, 2.75) is 50.7 Å². The van der Waals surface area contributed by atoms with Gasteiger partial charge in [0.1, 0.15) is 0 Å². The van der Waals surface area contributed by atoms with Crippen LogP contribution in [0.5, 0.6) is 0 Å². The van der Waals surface area contributed by atoms with E-state index < -0.39 is 0 Å². The van der Waals surface area contributed by atoms with Gasteiger partial charge in [-0.15, -0.1) is 0 Å². The van der Waals surface area contributed by atoms with Crippen molar-refractivity contribution in [2.75, 3.05) is 0 Å². The fourth-order valence-corrected chi connectivity index (χ4v) is 2.51. The van der Waals surface area contributed by atoms with E-state index in [-0.39, 0.29) is 11.9 Å². The van der Waals surface area contributed by atoms with E-state index in [1.54, 1.807) is 6.92 Å². The van der Waals surface area contributed by atoms with Gasteiger partial charge in [0.25, 0.3) is 0 Å². The van der Waals surface area contributed by atoms with Gasteiger partial charge in [-0.05, 0) is 32.6 Å². The third-order valence-corrected chi connectivity index (χ3v) is 3.10. The van der Waals surface area contributed by atoms with Crippen LogP contribution in [0.1, 0.15) is 32.6 Å². The largest absolute Gasteiger partial charge is 0.335 e. The Labute approximate surface area is 72.9 Å². The van der Waals surface area contributed by atoms with Crippen LogP contribution in [0.25, 0.3) is 0 Å². The molecule has 0 saturated carbocycles. The lowest BCUT2D eigenvalue weighted by atomic mass is 10.0. The fraction of sp³-hybridized carbons (Fsp3) is 0.889. The van der Waals surface area contributed by atoms with Crippen LogP contribution in [-0.4, -0.2) is 28.9 Å². The first-order valence-electron chi connectivity index (χ1n) is 4.78. The molecular weight excluding hydrogens is 152 g/mol. The van der Waals surface area contributed by atoms with Crippen LogP contribution in [0, 0.1) is 0 Å². The van der Waals surface area contributed by atoms with E-state index in [0.717, 1.165) is 0 Å². The molecule has 2 heterocycles. The van der Waals surface area contributed by atoms with Crippen molar-refractivity contribution >= 4 is 5.91 Å². The molecule has 2 saturated heterocycles. The summed E-state index contributed by atoms with van der Waals surface area (Å²) in [5.41, 5.74) is 5.58. The maximum Gasteiger partial charge on any atom is 0.239 e. The highest BCUT2D eigenvalue weighted by molar-refractivity contribution is 5.82. The molecule has 0 spiro atoms. The molecule has 0 radical (unpaired) electrons. The fourth-order valence-electron chi connectivity index (χ4n) is 2.51. The zero-order valence-electron chi connectivity index (χ0n) is 7.49. The summed E-state index contributed by atoms with van der Waals surface area (Å²) in [5.74, 6) is 0.153. The summed E-state index contributed by atoms with van der Waals surface area (Å²) in [6.07, 6.45) is 4.79. The van der Waals surface area contributed by atoms with Crippen LogP contribution >= 0.6 is 0 Å². The van der Waals surface area contributed by atoms with E-state index in [4.69, 9.17) is 5.73 Å². The first-order chi connectivity index (χ1) is 5.70. The van der Waals surface area contributed by atoms with Crippen molar-refractivity contribution in [1.29, 1.82) is 0 Å². The summed E-state index contributed by atoms with van der Waals surface area (Å²) in [6, 6.07) is 0.730. The standard InChI is InChI=1S/C9H16N2O/c1-6(10)9(12)11-7-2-3-8(11)5-4-7/h6-8H,2-5,10H2,1H3/t6-,7?,8?/m1/s1. The molecule has 0 unspecified atom stereocenters. The van der Waals surface area contributed by atoms with Gasteiger partial charge >= 0.3 is 0 Å². The van der Waals surface area contributed by atoms with E-state index in [1.807, 2.05) is 4.90 Å². The third-order valence-electron chi connectivity index (χ3n) is 3.10. The second-order valence-electron chi connectivity index (χ2n) is 4.00. The summed E-state index contributed by atoms with van der Waals surface area (Å²) in [4.78, 5) is 13.6. The molecule has 68 valence electrons. The number of nitrogens with zero attached hydrogens (tertiary/aromatic N) is 1. The van der Waals surface area contributed by atoms with Crippen molar-refractivity contribution in [2.24, 2.45) is 5.73 Å². The Morgan fingerprint density at radius 2 is 1.75 bits per heavy atom. The topological polar surface area (TPSA) is 46.3 Å². The molecule has 0 aromatic carbocycles. The van der Waals surface area contributed by atoms with Gasteiger partial charge in [0.15, 0.2) is 0 Å². The monoisotopic (exact) mass is 168 g/mol. The molecule has 2 bridgehead atoms. The predicted molar refractivity (Wildman–Crippen MR) is 46.5 cm³/mol.